The molecule has 4 atom stereocenters. The number of aromatic nitrogens is 1. The van der Waals surface area contributed by atoms with Gasteiger partial charge in [-0.25, -0.2) is 12.8 Å². The minimum atomic E-state index is -3.70. The highest BCUT2D eigenvalue weighted by atomic mass is 32.2. The minimum Gasteiger partial charge on any atom is -0.481 e. The van der Waals surface area contributed by atoms with E-state index in [1.807, 2.05) is 12.1 Å². The van der Waals surface area contributed by atoms with Crippen molar-refractivity contribution in [2.45, 2.75) is 51.4 Å². The van der Waals surface area contributed by atoms with Crippen LogP contribution in [-0.2, 0) is 21.2 Å². The molecule has 0 saturated heterocycles. The van der Waals surface area contributed by atoms with Crippen LogP contribution < -0.4 is 4.72 Å². The summed E-state index contributed by atoms with van der Waals surface area (Å²) in [6.45, 7) is 2.32. The van der Waals surface area contributed by atoms with Gasteiger partial charge < -0.3 is 5.11 Å². The molecule has 1 aromatic carbocycles. The summed E-state index contributed by atoms with van der Waals surface area (Å²) in [5, 5.41) is 8.77. The van der Waals surface area contributed by atoms with Crippen molar-refractivity contribution in [1.82, 2.24) is 4.98 Å². The maximum absolute atomic E-state index is 13.9. The van der Waals surface area contributed by atoms with Crippen molar-refractivity contribution in [3.63, 3.8) is 0 Å². The average Bonchev–Trinajstić information content (AvgIpc) is 3.14. The summed E-state index contributed by atoms with van der Waals surface area (Å²) in [4.78, 5) is 14.8. The van der Waals surface area contributed by atoms with Crippen molar-refractivity contribution < 1.29 is 22.7 Å². The van der Waals surface area contributed by atoms with Crippen molar-refractivity contribution >= 4 is 27.3 Å². The summed E-state index contributed by atoms with van der Waals surface area (Å²) in [7, 11) is -3.70. The summed E-state index contributed by atoms with van der Waals surface area (Å²) in [6, 6.07) is 7.34. The van der Waals surface area contributed by atoms with E-state index in [2.05, 4.69) is 22.7 Å². The third-order valence-electron chi connectivity index (χ3n) is 8.18. The number of aliphatic carboxylic acids is 1. The van der Waals surface area contributed by atoms with E-state index in [0.717, 1.165) is 37.7 Å². The van der Waals surface area contributed by atoms with Gasteiger partial charge in [0.1, 0.15) is 5.82 Å². The third kappa shape index (κ3) is 4.13. The van der Waals surface area contributed by atoms with Crippen LogP contribution in [0.4, 0.5) is 10.1 Å². The quantitative estimate of drug-likeness (QED) is 0.602. The van der Waals surface area contributed by atoms with Crippen LogP contribution in [-0.4, -0.2) is 30.2 Å². The number of nitrogens with one attached hydrogen (secondary N) is 1. The molecule has 0 radical (unpaired) electrons. The Morgan fingerprint density at radius 2 is 2.09 bits per heavy atom. The predicted molar refractivity (Wildman–Crippen MR) is 128 cm³/mol. The number of aryl methyl sites for hydroxylation is 1. The maximum atomic E-state index is 13.9. The molecule has 34 heavy (non-hydrogen) atoms. The number of anilines is 1. The van der Waals surface area contributed by atoms with E-state index in [0.29, 0.717) is 23.4 Å². The van der Waals surface area contributed by atoms with Crippen LogP contribution >= 0.6 is 0 Å². The van der Waals surface area contributed by atoms with Crippen LogP contribution in [0.25, 0.3) is 5.57 Å². The first kappa shape index (κ1) is 23.0. The van der Waals surface area contributed by atoms with Crippen molar-refractivity contribution in [2.75, 3.05) is 10.5 Å². The van der Waals surface area contributed by atoms with E-state index in [4.69, 9.17) is 5.11 Å². The van der Waals surface area contributed by atoms with Gasteiger partial charge in [0.2, 0.25) is 10.0 Å². The Morgan fingerprint density at radius 1 is 1.26 bits per heavy atom. The van der Waals surface area contributed by atoms with Gasteiger partial charge in [0.25, 0.3) is 0 Å². The molecule has 6 nitrogen and oxygen atoms in total. The predicted octanol–water partition coefficient (Wildman–Crippen LogP) is 4.99. The molecule has 1 fully saturated rings. The molecule has 1 aromatic heterocycles. The molecule has 3 aliphatic rings. The van der Waals surface area contributed by atoms with Gasteiger partial charge in [-0.15, -0.1) is 0 Å². The zero-order valence-electron chi connectivity index (χ0n) is 19.1. The zero-order chi connectivity index (χ0) is 24.1. The fraction of sp³-hybridized carbons (Fsp3) is 0.462. The van der Waals surface area contributed by atoms with Gasteiger partial charge in [-0.05, 0) is 95.7 Å². The molecular formula is C26H29FN2O4S. The van der Waals surface area contributed by atoms with Gasteiger partial charge in [0.05, 0.1) is 18.4 Å². The number of pyridine rings is 1. The molecule has 2 aromatic rings. The van der Waals surface area contributed by atoms with E-state index in [9.17, 15) is 17.6 Å². The number of hydrogen-bond acceptors (Lipinski definition) is 4. The molecule has 5 rings (SSSR count). The van der Waals surface area contributed by atoms with Gasteiger partial charge in [-0.3, -0.25) is 14.5 Å². The van der Waals surface area contributed by atoms with E-state index >= 15 is 0 Å². The second-order valence-electron chi connectivity index (χ2n) is 10.1. The Kier molecular flexibility index (Phi) is 5.74. The van der Waals surface area contributed by atoms with Gasteiger partial charge in [0, 0.05) is 11.9 Å². The summed E-state index contributed by atoms with van der Waals surface area (Å²) < 4.78 is 40.8. The number of fused-ring (bicyclic) bond motifs is 5. The monoisotopic (exact) mass is 484 g/mol. The van der Waals surface area contributed by atoms with Gasteiger partial charge in [-0.1, -0.05) is 19.1 Å². The molecule has 0 aliphatic heterocycles. The fourth-order valence-electron chi connectivity index (χ4n) is 6.67. The third-order valence-corrected chi connectivity index (χ3v) is 9.47. The number of allylic oxidation sites excluding steroid dienone is 2. The number of rotatable bonds is 6. The summed E-state index contributed by atoms with van der Waals surface area (Å²) >= 11 is 0. The second kappa shape index (κ2) is 8.48. The number of carboxylic acid groups (broad SMARTS) is 1. The highest BCUT2D eigenvalue weighted by molar-refractivity contribution is 7.92. The Morgan fingerprint density at radius 3 is 2.85 bits per heavy atom. The molecule has 180 valence electrons. The maximum Gasteiger partial charge on any atom is 0.304 e. The van der Waals surface area contributed by atoms with Gasteiger partial charge >= 0.3 is 5.97 Å². The van der Waals surface area contributed by atoms with Crippen molar-refractivity contribution in [2.24, 2.45) is 17.3 Å². The largest absolute Gasteiger partial charge is 0.481 e. The SMILES string of the molecule is C[C@]12CCC3c4ccc(NS(=O)(=O)CCC(=O)O)cc4CCC3C1CC=C2c1cncc(F)c1. The van der Waals surface area contributed by atoms with Gasteiger partial charge in [0.15, 0.2) is 0 Å². The molecule has 1 heterocycles. The average molecular weight is 485 g/mol. The smallest absolute Gasteiger partial charge is 0.304 e. The Hall–Kier alpha value is -2.74. The minimum absolute atomic E-state index is 0.00780. The lowest BCUT2D eigenvalue weighted by Crippen LogP contribution is -2.40. The van der Waals surface area contributed by atoms with E-state index in [1.165, 1.54) is 22.9 Å². The van der Waals surface area contributed by atoms with Crippen molar-refractivity contribution in [1.29, 1.82) is 0 Å². The summed E-state index contributed by atoms with van der Waals surface area (Å²) in [5.41, 5.74) is 5.08. The molecule has 1 saturated carbocycles. The first-order chi connectivity index (χ1) is 16.2. The van der Waals surface area contributed by atoms with E-state index < -0.39 is 28.2 Å². The lowest BCUT2D eigenvalue weighted by Gasteiger charge is -2.50. The molecule has 0 bridgehead atoms. The van der Waals surface area contributed by atoms with Crippen LogP contribution in [0.2, 0.25) is 0 Å². The van der Waals surface area contributed by atoms with Crippen LogP contribution in [0.1, 0.15) is 61.6 Å². The van der Waals surface area contributed by atoms with E-state index in [-0.39, 0.29) is 11.2 Å². The number of carboxylic acids is 1. The Balaban J connectivity index is 1.35. The number of hydrogen-bond donors (Lipinski definition) is 2. The standard InChI is InChI=1S/C26H29FN2O4S/c1-26-10-8-21-20-5-3-19(29-34(32,33)11-9-25(30)31)13-16(20)2-4-22(21)24(26)7-6-23(26)17-12-18(27)15-28-14-17/h3,5-6,12-15,21-22,24,29H,2,4,7-11H2,1H3,(H,30,31)/t21?,22?,24?,26-/m1/s1. The van der Waals surface area contributed by atoms with Crippen molar-refractivity contribution in [3.05, 3.63) is 65.2 Å². The lowest BCUT2D eigenvalue weighted by molar-refractivity contribution is -0.136. The topological polar surface area (TPSA) is 96.4 Å². The number of halogens is 1. The molecule has 3 unspecified atom stereocenters. The molecule has 0 amide bonds. The molecule has 2 N–H and O–H groups in total. The Labute approximate surface area is 199 Å². The Bertz CT molecular complexity index is 1280. The van der Waals surface area contributed by atoms with Crippen LogP contribution in [0.15, 0.2) is 42.7 Å². The molecular weight excluding hydrogens is 455 g/mol. The number of nitrogens with zero attached hydrogens (tertiary/aromatic N) is 1. The number of sulfonamides is 1. The second-order valence-corrected chi connectivity index (χ2v) is 11.9. The highest BCUT2D eigenvalue weighted by Crippen LogP contribution is 2.63. The lowest BCUT2D eigenvalue weighted by atomic mass is 9.54. The van der Waals surface area contributed by atoms with E-state index in [1.54, 1.807) is 18.3 Å². The fourth-order valence-corrected chi connectivity index (χ4v) is 7.70. The summed E-state index contributed by atoms with van der Waals surface area (Å²) in [6.07, 6.45) is 9.83. The summed E-state index contributed by atoms with van der Waals surface area (Å²) in [5.74, 6) is -0.436. The molecule has 8 heteroatoms. The number of benzene rings is 1. The zero-order valence-corrected chi connectivity index (χ0v) is 19.9. The van der Waals surface area contributed by atoms with Gasteiger partial charge in [-0.2, -0.15) is 0 Å². The highest BCUT2D eigenvalue weighted by Gasteiger charge is 2.52. The van der Waals surface area contributed by atoms with Crippen LogP contribution in [0, 0.1) is 23.1 Å². The van der Waals surface area contributed by atoms with Crippen molar-refractivity contribution in [3.8, 4) is 0 Å². The molecule has 0 spiro atoms. The first-order valence-corrected chi connectivity index (χ1v) is 13.5. The normalized spacial score (nSPS) is 27.8. The first-order valence-electron chi connectivity index (χ1n) is 11.8. The molecule has 3 aliphatic carbocycles. The number of carbonyl (C=O) groups is 1. The van der Waals surface area contributed by atoms with Crippen LogP contribution in [0.5, 0.6) is 0 Å². The van der Waals surface area contributed by atoms with Crippen LogP contribution in [0.3, 0.4) is 0 Å².